The average Bonchev–Trinajstić information content (AvgIpc) is 2.60. The minimum absolute atomic E-state index is 0.0377. The SMILES string of the molecule is C=C(C)c1ccc([C@H]2[C@@](C)(c3ccc(F)cc3F)NC(=N)N(C)S2(=O)=O)cc1. The Morgan fingerprint density at radius 1 is 1.21 bits per heavy atom. The Morgan fingerprint density at radius 3 is 2.36 bits per heavy atom. The monoisotopic (exact) mass is 405 g/mol. The summed E-state index contributed by atoms with van der Waals surface area (Å²) in [6.07, 6.45) is 0. The van der Waals surface area contributed by atoms with Gasteiger partial charge in [0.05, 0.1) is 5.54 Å². The maximum absolute atomic E-state index is 14.6. The van der Waals surface area contributed by atoms with Gasteiger partial charge in [0.1, 0.15) is 16.9 Å². The minimum Gasteiger partial charge on any atom is -0.345 e. The molecule has 0 radical (unpaired) electrons. The van der Waals surface area contributed by atoms with Crippen molar-refractivity contribution in [3.63, 3.8) is 0 Å². The third-order valence-corrected chi connectivity index (χ3v) is 7.38. The predicted molar refractivity (Wildman–Crippen MR) is 105 cm³/mol. The van der Waals surface area contributed by atoms with E-state index in [1.807, 2.05) is 6.92 Å². The molecule has 5 nitrogen and oxygen atoms in total. The van der Waals surface area contributed by atoms with E-state index in [-0.39, 0.29) is 11.5 Å². The zero-order valence-corrected chi connectivity index (χ0v) is 16.6. The van der Waals surface area contributed by atoms with Gasteiger partial charge in [0.2, 0.25) is 16.0 Å². The highest BCUT2D eigenvalue weighted by molar-refractivity contribution is 7.90. The second kappa shape index (κ2) is 6.70. The van der Waals surface area contributed by atoms with Gasteiger partial charge in [-0.15, -0.1) is 0 Å². The van der Waals surface area contributed by atoms with Crippen LogP contribution in [0.1, 0.15) is 35.8 Å². The molecule has 2 aromatic carbocycles. The average molecular weight is 405 g/mol. The largest absolute Gasteiger partial charge is 0.345 e. The molecule has 0 bridgehead atoms. The van der Waals surface area contributed by atoms with Crippen LogP contribution in [-0.2, 0) is 15.6 Å². The summed E-state index contributed by atoms with van der Waals surface area (Å²) in [5, 5.41) is 9.61. The summed E-state index contributed by atoms with van der Waals surface area (Å²) < 4.78 is 55.4. The first-order valence-corrected chi connectivity index (χ1v) is 10.0. The molecule has 8 heteroatoms. The molecule has 1 aliphatic heterocycles. The van der Waals surface area contributed by atoms with E-state index in [0.717, 1.165) is 21.5 Å². The Labute approximate surface area is 163 Å². The van der Waals surface area contributed by atoms with Crippen molar-refractivity contribution in [2.45, 2.75) is 24.6 Å². The lowest BCUT2D eigenvalue weighted by Crippen LogP contribution is -2.62. The van der Waals surface area contributed by atoms with Gasteiger partial charge >= 0.3 is 0 Å². The third kappa shape index (κ3) is 3.07. The quantitative estimate of drug-likeness (QED) is 0.817. The molecule has 0 aromatic heterocycles. The van der Waals surface area contributed by atoms with Crippen LogP contribution in [0, 0.1) is 17.0 Å². The van der Waals surface area contributed by atoms with Crippen LogP contribution < -0.4 is 5.32 Å². The van der Waals surface area contributed by atoms with E-state index in [1.165, 1.54) is 20.0 Å². The van der Waals surface area contributed by atoms with Gasteiger partial charge in [0.25, 0.3) is 0 Å². The fraction of sp³-hybridized carbons (Fsp3) is 0.250. The molecule has 1 heterocycles. The highest BCUT2D eigenvalue weighted by Gasteiger charge is 2.53. The number of sulfonamides is 1. The van der Waals surface area contributed by atoms with Crippen molar-refractivity contribution in [1.29, 1.82) is 5.41 Å². The first kappa shape index (κ1) is 20.0. The van der Waals surface area contributed by atoms with E-state index in [9.17, 15) is 17.2 Å². The van der Waals surface area contributed by atoms with Crippen molar-refractivity contribution in [2.75, 3.05) is 7.05 Å². The smallest absolute Gasteiger partial charge is 0.246 e. The minimum atomic E-state index is -4.06. The van der Waals surface area contributed by atoms with Gasteiger partial charge in [-0.05, 0) is 31.0 Å². The van der Waals surface area contributed by atoms with Gasteiger partial charge in [-0.3, -0.25) is 5.41 Å². The molecule has 148 valence electrons. The van der Waals surface area contributed by atoms with E-state index in [0.29, 0.717) is 11.6 Å². The molecule has 1 aliphatic rings. The Hall–Kier alpha value is -2.74. The van der Waals surface area contributed by atoms with Crippen molar-refractivity contribution in [2.24, 2.45) is 0 Å². The number of guanidine groups is 1. The van der Waals surface area contributed by atoms with Crippen LogP contribution >= 0.6 is 0 Å². The zero-order valence-electron chi connectivity index (χ0n) is 15.8. The standard InChI is InChI=1S/C20H21F2N3O2S/c1-12(2)13-5-7-14(8-6-13)18-20(3,16-10-9-15(21)11-17(16)22)24-19(23)25(4)28(18,26)27/h5-11,18H,1H2,2-4H3,(H2,23,24)/t18-,20+/m0/s1. The van der Waals surface area contributed by atoms with Crippen LogP contribution in [0.4, 0.5) is 8.78 Å². The van der Waals surface area contributed by atoms with Gasteiger partial charge in [0, 0.05) is 18.7 Å². The number of rotatable bonds is 3. The van der Waals surface area contributed by atoms with E-state index < -0.39 is 32.4 Å². The first-order chi connectivity index (χ1) is 13.0. The summed E-state index contributed by atoms with van der Waals surface area (Å²) in [6.45, 7) is 7.20. The van der Waals surface area contributed by atoms with Crippen molar-refractivity contribution in [3.05, 3.63) is 77.4 Å². The molecule has 0 amide bonds. The van der Waals surface area contributed by atoms with Crippen LogP contribution in [0.15, 0.2) is 49.0 Å². The Kier molecular flexibility index (Phi) is 4.79. The van der Waals surface area contributed by atoms with Crippen LogP contribution in [0.2, 0.25) is 0 Å². The fourth-order valence-corrected chi connectivity index (χ4v) is 5.44. The van der Waals surface area contributed by atoms with Crippen molar-refractivity contribution in [3.8, 4) is 0 Å². The number of nitrogens with one attached hydrogen (secondary N) is 2. The molecule has 0 saturated carbocycles. The zero-order chi connectivity index (χ0) is 20.9. The van der Waals surface area contributed by atoms with E-state index in [4.69, 9.17) is 5.41 Å². The van der Waals surface area contributed by atoms with Crippen molar-refractivity contribution < 1.29 is 17.2 Å². The maximum atomic E-state index is 14.6. The lowest BCUT2D eigenvalue weighted by molar-refractivity contribution is 0.344. The Morgan fingerprint density at radius 2 is 1.82 bits per heavy atom. The lowest BCUT2D eigenvalue weighted by atomic mass is 9.84. The van der Waals surface area contributed by atoms with Crippen LogP contribution in [0.3, 0.4) is 0 Å². The molecule has 2 atom stereocenters. The van der Waals surface area contributed by atoms with Crippen LogP contribution in [0.5, 0.6) is 0 Å². The molecule has 1 saturated heterocycles. The molecule has 0 unspecified atom stereocenters. The van der Waals surface area contributed by atoms with E-state index >= 15 is 0 Å². The predicted octanol–water partition coefficient (Wildman–Crippen LogP) is 3.75. The second-order valence-electron chi connectivity index (χ2n) is 7.09. The highest BCUT2D eigenvalue weighted by atomic mass is 32.2. The molecule has 2 N–H and O–H groups in total. The maximum Gasteiger partial charge on any atom is 0.246 e. The lowest BCUT2D eigenvalue weighted by Gasteiger charge is -2.46. The second-order valence-corrected chi connectivity index (χ2v) is 9.14. The molecular weight excluding hydrogens is 384 g/mol. The molecule has 3 rings (SSSR count). The number of allylic oxidation sites excluding steroid dienone is 1. The number of hydrogen-bond donors (Lipinski definition) is 2. The molecule has 2 aromatic rings. The van der Waals surface area contributed by atoms with Gasteiger partial charge in [-0.1, -0.05) is 42.5 Å². The normalized spacial score (nSPS) is 24.0. The molecule has 0 aliphatic carbocycles. The van der Waals surface area contributed by atoms with E-state index in [2.05, 4.69) is 11.9 Å². The van der Waals surface area contributed by atoms with Crippen LogP contribution in [0.25, 0.3) is 5.57 Å². The topological polar surface area (TPSA) is 73.3 Å². The number of hydrogen-bond acceptors (Lipinski definition) is 3. The molecule has 0 spiro atoms. The Balaban J connectivity index is 2.25. The Bertz CT molecular complexity index is 1070. The van der Waals surface area contributed by atoms with E-state index in [1.54, 1.807) is 24.3 Å². The van der Waals surface area contributed by atoms with Crippen molar-refractivity contribution >= 4 is 21.6 Å². The molecular formula is C20H21F2N3O2S. The molecule has 28 heavy (non-hydrogen) atoms. The fourth-order valence-electron chi connectivity index (χ4n) is 3.54. The summed E-state index contributed by atoms with van der Waals surface area (Å²) in [4.78, 5) is 0. The highest BCUT2D eigenvalue weighted by Crippen LogP contribution is 2.45. The van der Waals surface area contributed by atoms with Gasteiger partial charge in [0.15, 0.2) is 0 Å². The summed E-state index contributed by atoms with van der Waals surface area (Å²) in [5.41, 5.74) is 0.528. The molecule has 1 fully saturated rings. The number of halogens is 2. The summed E-state index contributed by atoms with van der Waals surface area (Å²) in [6, 6.07) is 9.77. The van der Waals surface area contributed by atoms with Gasteiger partial charge < -0.3 is 5.32 Å². The van der Waals surface area contributed by atoms with Gasteiger partial charge in [-0.25, -0.2) is 21.5 Å². The van der Waals surface area contributed by atoms with Crippen molar-refractivity contribution in [1.82, 2.24) is 9.62 Å². The first-order valence-electron chi connectivity index (χ1n) is 8.54. The number of nitrogens with zero attached hydrogens (tertiary/aromatic N) is 1. The summed E-state index contributed by atoms with van der Waals surface area (Å²) >= 11 is 0. The summed E-state index contributed by atoms with van der Waals surface area (Å²) in [7, 11) is -2.79. The van der Waals surface area contributed by atoms with Gasteiger partial charge in [-0.2, -0.15) is 0 Å². The van der Waals surface area contributed by atoms with Crippen LogP contribution in [-0.4, -0.2) is 25.7 Å². The summed E-state index contributed by atoms with van der Waals surface area (Å²) in [5.74, 6) is -2.04. The number of benzene rings is 2. The third-order valence-electron chi connectivity index (χ3n) is 5.09.